The molecule has 0 nitrogen and oxygen atoms in total. The quantitative estimate of drug-likeness (QED) is 0.445. The Morgan fingerprint density at radius 1 is 1.22 bits per heavy atom. The van der Waals surface area contributed by atoms with Crippen LogP contribution in [-0.4, -0.2) is 24.0 Å². The predicted octanol–water partition coefficient (Wildman–Crippen LogP) is 5.43. The Labute approximate surface area is 109 Å². The lowest BCUT2D eigenvalue weighted by molar-refractivity contribution is -0.252. The smallest absolute Gasteiger partial charge is 0.203 e. The average molecular weight is 319 g/mol. The van der Waals surface area contributed by atoms with Crippen molar-refractivity contribution in [1.82, 2.24) is 0 Å². The van der Waals surface area contributed by atoms with Crippen molar-refractivity contribution >= 4 is 23.4 Å². The summed E-state index contributed by atoms with van der Waals surface area (Å²) in [4.78, 5) is 0. The second kappa shape index (κ2) is 6.88. The molecule has 0 unspecified atom stereocenters. The van der Waals surface area contributed by atoms with Crippen molar-refractivity contribution in [2.75, 3.05) is 5.75 Å². The molecule has 0 heterocycles. The number of unbranched alkanes of at least 4 members (excludes halogenated alkanes) is 1. The summed E-state index contributed by atoms with van der Waals surface area (Å²) in [5.41, 5.74) is 0. The summed E-state index contributed by atoms with van der Waals surface area (Å²) in [7, 11) is 0. The Hall–Kier alpha value is -0.110. The number of halogens is 8. The summed E-state index contributed by atoms with van der Waals surface area (Å²) in [6.45, 7) is 1.76. The number of hydrogen-bond donors (Lipinski definition) is 0. The van der Waals surface area contributed by atoms with Crippen LogP contribution in [0.5, 0.6) is 0 Å². The minimum atomic E-state index is -5.80. The van der Waals surface area contributed by atoms with Crippen molar-refractivity contribution in [3.8, 4) is 0 Å². The van der Waals surface area contributed by atoms with E-state index in [2.05, 4.69) is 0 Å². The number of alkyl halides is 6. The third-order valence-electron chi connectivity index (χ3n) is 1.87. The van der Waals surface area contributed by atoms with Crippen molar-refractivity contribution in [3.05, 3.63) is 10.2 Å². The van der Waals surface area contributed by atoms with Gasteiger partial charge in [0.05, 0.1) is 0 Å². The first-order valence-corrected chi connectivity index (χ1v) is 6.17. The number of allylic oxidation sites excluding steroid dienone is 1. The van der Waals surface area contributed by atoms with Gasteiger partial charge in [-0.15, -0.1) is 11.8 Å². The lowest BCUT2D eigenvalue weighted by Gasteiger charge is -2.24. The monoisotopic (exact) mass is 318 g/mol. The zero-order valence-electron chi connectivity index (χ0n) is 9.13. The molecule has 0 atom stereocenters. The van der Waals surface area contributed by atoms with E-state index in [0.717, 1.165) is 0 Å². The molecular weight excluding hydrogens is 309 g/mol. The summed E-state index contributed by atoms with van der Waals surface area (Å²) in [5, 5.41) is 0. The highest BCUT2D eigenvalue weighted by Gasteiger charge is 2.66. The van der Waals surface area contributed by atoms with Crippen LogP contribution in [0.3, 0.4) is 0 Å². The van der Waals surface area contributed by atoms with Gasteiger partial charge in [0.2, 0.25) is 5.83 Å². The molecule has 9 heteroatoms. The van der Waals surface area contributed by atoms with E-state index in [1.807, 2.05) is 0 Å². The van der Waals surface area contributed by atoms with Gasteiger partial charge in [0, 0.05) is 0 Å². The van der Waals surface area contributed by atoms with Gasteiger partial charge in [0.15, 0.2) is 0 Å². The first kappa shape index (κ1) is 17.9. The van der Waals surface area contributed by atoms with Gasteiger partial charge in [0.1, 0.15) is 4.36 Å². The molecule has 0 aromatic heterocycles. The first-order chi connectivity index (χ1) is 8.09. The van der Waals surface area contributed by atoms with E-state index >= 15 is 0 Å². The van der Waals surface area contributed by atoms with Gasteiger partial charge in [-0.25, -0.2) is 13.2 Å². The summed E-state index contributed by atoms with van der Waals surface area (Å²) in [5.74, 6) is -14.0. The van der Waals surface area contributed by atoms with Crippen LogP contribution < -0.4 is 0 Å². The standard InChI is InChI=1S/C9H10ClF7S/c1-2-3-4-18-6(10)5(11)8(14,15)9(16,17)7(12)13/h7H,2-4H2,1H3/b6-5-. The summed E-state index contributed by atoms with van der Waals surface area (Å²) in [6, 6.07) is 0. The highest BCUT2D eigenvalue weighted by molar-refractivity contribution is 8.04. The molecule has 108 valence electrons. The largest absolute Gasteiger partial charge is 0.376 e. The SMILES string of the molecule is CCCCS/C(Cl)=C(\F)C(F)(F)C(F)(F)C(F)F. The maximum Gasteiger partial charge on any atom is 0.376 e. The molecule has 0 aliphatic rings. The molecule has 0 spiro atoms. The summed E-state index contributed by atoms with van der Waals surface area (Å²) >= 11 is 5.45. The molecule has 18 heavy (non-hydrogen) atoms. The Morgan fingerprint density at radius 2 is 1.72 bits per heavy atom. The minimum Gasteiger partial charge on any atom is -0.203 e. The predicted molar refractivity (Wildman–Crippen MR) is 57.3 cm³/mol. The van der Waals surface area contributed by atoms with Gasteiger partial charge in [-0.1, -0.05) is 24.9 Å². The van der Waals surface area contributed by atoms with Gasteiger partial charge >= 0.3 is 18.3 Å². The lowest BCUT2D eigenvalue weighted by Crippen LogP contribution is -2.47. The molecule has 0 aromatic carbocycles. The third-order valence-corrected chi connectivity index (χ3v) is 3.29. The van der Waals surface area contributed by atoms with E-state index in [-0.39, 0.29) is 5.75 Å². The van der Waals surface area contributed by atoms with E-state index in [1.165, 1.54) is 0 Å². The van der Waals surface area contributed by atoms with Crippen molar-refractivity contribution in [2.24, 2.45) is 0 Å². The van der Waals surface area contributed by atoms with Crippen LogP contribution in [0.25, 0.3) is 0 Å². The maximum atomic E-state index is 13.0. The third kappa shape index (κ3) is 3.94. The van der Waals surface area contributed by atoms with Gasteiger partial charge in [-0.3, -0.25) is 0 Å². The normalized spacial score (nSPS) is 15.0. The molecule has 0 N–H and O–H groups in total. The second-order valence-electron chi connectivity index (χ2n) is 3.29. The molecular formula is C9H10ClF7S. The zero-order valence-corrected chi connectivity index (χ0v) is 10.7. The minimum absolute atomic E-state index is 0.124. The Kier molecular flexibility index (Phi) is 6.84. The Morgan fingerprint density at radius 3 is 2.11 bits per heavy atom. The fourth-order valence-corrected chi connectivity index (χ4v) is 1.99. The number of hydrogen-bond acceptors (Lipinski definition) is 1. The van der Waals surface area contributed by atoms with Crippen LogP contribution >= 0.6 is 23.4 Å². The topological polar surface area (TPSA) is 0 Å². The first-order valence-electron chi connectivity index (χ1n) is 4.81. The fraction of sp³-hybridized carbons (Fsp3) is 0.778. The van der Waals surface area contributed by atoms with Crippen LogP contribution in [0.1, 0.15) is 19.8 Å². The molecule has 0 aromatic rings. The molecule has 0 saturated heterocycles. The van der Waals surface area contributed by atoms with Crippen LogP contribution in [0.4, 0.5) is 30.7 Å². The summed E-state index contributed by atoms with van der Waals surface area (Å²) < 4.78 is 86.0. The van der Waals surface area contributed by atoms with Crippen molar-refractivity contribution in [1.29, 1.82) is 0 Å². The molecule has 0 bridgehead atoms. The highest BCUT2D eigenvalue weighted by Crippen LogP contribution is 2.47. The van der Waals surface area contributed by atoms with Gasteiger partial charge in [0.25, 0.3) is 0 Å². The molecule has 0 saturated carbocycles. The highest BCUT2D eigenvalue weighted by atomic mass is 35.5. The summed E-state index contributed by atoms with van der Waals surface area (Å²) in [6.07, 6.45) is -3.55. The lowest BCUT2D eigenvalue weighted by atomic mass is 10.1. The number of thioether (sulfide) groups is 1. The van der Waals surface area contributed by atoms with Crippen LogP contribution in [0.15, 0.2) is 10.2 Å². The Balaban J connectivity index is 5.03. The molecule has 0 aliphatic carbocycles. The van der Waals surface area contributed by atoms with Crippen molar-refractivity contribution < 1.29 is 30.7 Å². The molecule has 0 rings (SSSR count). The molecule has 0 radical (unpaired) electrons. The molecule has 0 amide bonds. The van der Waals surface area contributed by atoms with Gasteiger partial charge in [-0.05, 0) is 12.2 Å². The average Bonchev–Trinajstić information content (AvgIpc) is 2.27. The van der Waals surface area contributed by atoms with Gasteiger partial charge < -0.3 is 0 Å². The maximum absolute atomic E-state index is 13.0. The van der Waals surface area contributed by atoms with Crippen LogP contribution in [-0.2, 0) is 0 Å². The van der Waals surface area contributed by atoms with E-state index in [0.29, 0.717) is 24.6 Å². The van der Waals surface area contributed by atoms with E-state index in [4.69, 9.17) is 11.6 Å². The molecule has 0 fully saturated rings. The van der Waals surface area contributed by atoms with Crippen molar-refractivity contribution in [2.45, 2.75) is 38.0 Å². The van der Waals surface area contributed by atoms with Gasteiger partial charge in [-0.2, -0.15) is 17.6 Å². The van der Waals surface area contributed by atoms with Crippen LogP contribution in [0.2, 0.25) is 0 Å². The second-order valence-corrected chi connectivity index (χ2v) is 5.00. The number of rotatable bonds is 7. The van der Waals surface area contributed by atoms with Crippen molar-refractivity contribution in [3.63, 3.8) is 0 Å². The zero-order chi connectivity index (χ0) is 14.6. The van der Waals surface area contributed by atoms with E-state index < -0.39 is 28.5 Å². The fourth-order valence-electron chi connectivity index (χ4n) is 0.776. The van der Waals surface area contributed by atoms with Crippen LogP contribution in [0, 0.1) is 0 Å². The Bertz CT molecular complexity index is 303. The van der Waals surface area contributed by atoms with E-state index in [1.54, 1.807) is 6.92 Å². The molecule has 0 aliphatic heterocycles. The van der Waals surface area contributed by atoms with E-state index in [9.17, 15) is 30.7 Å².